The maximum Gasteiger partial charge on any atom is 0.255 e. The van der Waals surface area contributed by atoms with Crippen LogP contribution in [-0.4, -0.2) is 11.8 Å². The molecule has 126 valence electrons. The first-order valence-corrected chi connectivity index (χ1v) is 8.36. The fraction of sp³-hybridized carbons (Fsp3) is 0.300. The van der Waals surface area contributed by atoms with Gasteiger partial charge < -0.3 is 10.6 Å². The van der Waals surface area contributed by atoms with E-state index in [-0.39, 0.29) is 11.8 Å². The first kappa shape index (κ1) is 17.7. The predicted octanol–water partition coefficient (Wildman–Crippen LogP) is 4.63. The summed E-state index contributed by atoms with van der Waals surface area (Å²) in [5, 5.41) is 5.56. The third-order valence-electron chi connectivity index (χ3n) is 3.73. The van der Waals surface area contributed by atoms with Gasteiger partial charge in [0.2, 0.25) is 5.91 Å². The molecule has 0 saturated heterocycles. The van der Waals surface area contributed by atoms with Crippen LogP contribution in [0.5, 0.6) is 0 Å². The number of carbonyl (C=O) groups is 2. The molecule has 0 aliphatic carbocycles. The van der Waals surface area contributed by atoms with Crippen molar-refractivity contribution in [2.24, 2.45) is 0 Å². The van der Waals surface area contributed by atoms with Crippen molar-refractivity contribution in [2.45, 2.75) is 39.5 Å². The Kier molecular flexibility index (Phi) is 6.55. The number of hydrogen-bond donors (Lipinski definition) is 2. The van der Waals surface area contributed by atoms with Gasteiger partial charge in [0.1, 0.15) is 0 Å². The van der Waals surface area contributed by atoms with Crippen LogP contribution >= 0.6 is 0 Å². The SMILES string of the molecule is CCCCCc1ccc(NC(=O)c2cccc(NC(C)=O)c2)cc1. The van der Waals surface area contributed by atoms with Crippen LogP contribution in [0, 0.1) is 0 Å². The van der Waals surface area contributed by atoms with Gasteiger partial charge in [0.05, 0.1) is 0 Å². The normalized spacial score (nSPS) is 10.2. The highest BCUT2D eigenvalue weighted by Crippen LogP contribution is 2.15. The molecular formula is C20H24N2O2. The molecule has 2 amide bonds. The molecule has 4 heteroatoms. The molecule has 0 bridgehead atoms. The Morgan fingerprint density at radius 3 is 2.33 bits per heavy atom. The number of nitrogens with one attached hydrogen (secondary N) is 2. The highest BCUT2D eigenvalue weighted by Gasteiger charge is 2.07. The number of aryl methyl sites for hydroxylation is 1. The summed E-state index contributed by atoms with van der Waals surface area (Å²) in [6, 6.07) is 14.8. The standard InChI is InChI=1S/C20H24N2O2/c1-3-4-5-7-16-10-12-18(13-11-16)22-20(24)17-8-6-9-19(14-17)21-15(2)23/h6,8-14H,3-5,7H2,1-2H3,(H,21,23)(H,22,24). The number of anilines is 2. The van der Waals surface area contributed by atoms with Gasteiger partial charge in [-0.3, -0.25) is 9.59 Å². The average molecular weight is 324 g/mol. The zero-order valence-electron chi connectivity index (χ0n) is 14.3. The van der Waals surface area contributed by atoms with Crippen molar-refractivity contribution in [2.75, 3.05) is 10.6 Å². The second-order valence-electron chi connectivity index (χ2n) is 5.87. The van der Waals surface area contributed by atoms with Crippen LogP contribution in [0.1, 0.15) is 49.0 Å². The fourth-order valence-electron chi connectivity index (χ4n) is 2.48. The molecule has 2 aromatic carbocycles. The molecule has 4 nitrogen and oxygen atoms in total. The summed E-state index contributed by atoms with van der Waals surface area (Å²) >= 11 is 0. The number of amides is 2. The molecule has 0 unspecified atom stereocenters. The van der Waals surface area contributed by atoms with E-state index in [4.69, 9.17) is 0 Å². The maximum atomic E-state index is 12.3. The minimum absolute atomic E-state index is 0.161. The number of carbonyl (C=O) groups excluding carboxylic acids is 2. The zero-order chi connectivity index (χ0) is 17.4. The lowest BCUT2D eigenvalue weighted by atomic mass is 10.1. The van der Waals surface area contributed by atoms with E-state index < -0.39 is 0 Å². The predicted molar refractivity (Wildman–Crippen MR) is 98.4 cm³/mol. The molecule has 0 heterocycles. The third kappa shape index (κ3) is 5.54. The van der Waals surface area contributed by atoms with Crippen molar-refractivity contribution >= 4 is 23.2 Å². The Labute approximate surface area is 143 Å². The molecule has 0 aromatic heterocycles. The number of unbranched alkanes of at least 4 members (excludes halogenated alkanes) is 2. The lowest BCUT2D eigenvalue weighted by Crippen LogP contribution is -2.13. The van der Waals surface area contributed by atoms with Gasteiger partial charge in [-0.05, 0) is 48.7 Å². The van der Waals surface area contributed by atoms with E-state index in [1.807, 2.05) is 12.1 Å². The van der Waals surface area contributed by atoms with E-state index in [9.17, 15) is 9.59 Å². The van der Waals surface area contributed by atoms with Crippen molar-refractivity contribution < 1.29 is 9.59 Å². The molecule has 2 aromatic rings. The van der Waals surface area contributed by atoms with E-state index in [2.05, 4.69) is 29.7 Å². The van der Waals surface area contributed by atoms with Crippen LogP contribution in [0.2, 0.25) is 0 Å². The van der Waals surface area contributed by atoms with Crippen LogP contribution in [0.15, 0.2) is 48.5 Å². The third-order valence-corrected chi connectivity index (χ3v) is 3.73. The molecule has 0 spiro atoms. The van der Waals surface area contributed by atoms with Gasteiger partial charge in [0.25, 0.3) is 5.91 Å². The van der Waals surface area contributed by atoms with E-state index >= 15 is 0 Å². The monoisotopic (exact) mass is 324 g/mol. The maximum absolute atomic E-state index is 12.3. The largest absolute Gasteiger partial charge is 0.326 e. The van der Waals surface area contributed by atoms with Crippen molar-refractivity contribution in [3.05, 3.63) is 59.7 Å². The van der Waals surface area contributed by atoms with Gasteiger partial charge in [0, 0.05) is 23.9 Å². The van der Waals surface area contributed by atoms with E-state index in [1.54, 1.807) is 24.3 Å². The summed E-state index contributed by atoms with van der Waals surface area (Å²) in [7, 11) is 0. The number of hydrogen-bond acceptors (Lipinski definition) is 2. The first-order chi connectivity index (χ1) is 11.6. The van der Waals surface area contributed by atoms with E-state index in [0.717, 1.165) is 12.1 Å². The number of benzene rings is 2. The second kappa shape index (κ2) is 8.87. The quantitative estimate of drug-likeness (QED) is 0.730. The highest BCUT2D eigenvalue weighted by atomic mass is 16.2. The van der Waals surface area contributed by atoms with Crippen LogP contribution in [0.25, 0.3) is 0 Å². The molecule has 0 fully saturated rings. The van der Waals surface area contributed by atoms with Crippen LogP contribution in [0.3, 0.4) is 0 Å². The lowest BCUT2D eigenvalue weighted by molar-refractivity contribution is -0.114. The topological polar surface area (TPSA) is 58.2 Å². The van der Waals surface area contributed by atoms with Crippen LogP contribution < -0.4 is 10.6 Å². The van der Waals surface area contributed by atoms with E-state index in [0.29, 0.717) is 11.3 Å². The molecule has 0 aliphatic rings. The first-order valence-electron chi connectivity index (χ1n) is 8.36. The van der Waals surface area contributed by atoms with Gasteiger partial charge in [0.15, 0.2) is 0 Å². The second-order valence-corrected chi connectivity index (χ2v) is 5.87. The Bertz CT molecular complexity index is 693. The minimum atomic E-state index is -0.194. The lowest BCUT2D eigenvalue weighted by Gasteiger charge is -2.08. The summed E-state index contributed by atoms with van der Waals surface area (Å²) in [6.07, 6.45) is 4.72. The van der Waals surface area contributed by atoms with Gasteiger partial charge in [-0.25, -0.2) is 0 Å². The number of rotatable bonds is 7. The van der Waals surface area contributed by atoms with Crippen LogP contribution in [0.4, 0.5) is 11.4 Å². The molecule has 2 rings (SSSR count). The minimum Gasteiger partial charge on any atom is -0.326 e. The summed E-state index contributed by atoms with van der Waals surface area (Å²) < 4.78 is 0. The van der Waals surface area contributed by atoms with Crippen molar-refractivity contribution in [3.63, 3.8) is 0 Å². The van der Waals surface area contributed by atoms with Gasteiger partial charge >= 0.3 is 0 Å². The van der Waals surface area contributed by atoms with E-state index in [1.165, 1.54) is 31.7 Å². The summed E-state index contributed by atoms with van der Waals surface area (Å²) in [6.45, 7) is 3.63. The Morgan fingerprint density at radius 1 is 0.917 bits per heavy atom. The molecule has 0 saturated carbocycles. The Hall–Kier alpha value is -2.62. The molecule has 0 aliphatic heterocycles. The Balaban J connectivity index is 1.97. The average Bonchev–Trinajstić information content (AvgIpc) is 2.56. The van der Waals surface area contributed by atoms with Crippen molar-refractivity contribution in [3.8, 4) is 0 Å². The molecule has 24 heavy (non-hydrogen) atoms. The van der Waals surface area contributed by atoms with Gasteiger partial charge in [-0.1, -0.05) is 38.0 Å². The van der Waals surface area contributed by atoms with Gasteiger partial charge in [-0.2, -0.15) is 0 Å². The molecule has 0 atom stereocenters. The molecular weight excluding hydrogens is 300 g/mol. The molecule has 0 radical (unpaired) electrons. The highest BCUT2D eigenvalue weighted by molar-refractivity contribution is 6.05. The Morgan fingerprint density at radius 2 is 1.67 bits per heavy atom. The summed E-state index contributed by atoms with van der Waals surface area (Å²) in [5.74, 6) is -0.354. The fourth-order valence-corrected chi connectivity index (χ4v) is 2.48. The smallest absolute Gasteiger partial charge is 0.255 e. The van der Waals surface area contributed by atoms with Crippen molar-refractivity contribution in [1.29, 1.82) is 0 Å². The zero-order valence-corrected chi connectivity index (χ0v) is 14.3. The van der Waals surface area contributed by atoms with Gasteiger partial charge in [-0.15, -0.1) is 0 Å². The van der Waals surface area contributed by atoms with Crippen LogP contribution in [-0.2, 0) is 11.2 Å². The molecule has 2 N–H and O–H groups in total. The summed E-state index contributed by atoms with van der Waals surface area (Å²) in [4.78, 5) is 23.4. The summed E-state index contributed by atoms with van der Waals surface area (Å²) in [5.41, 5.74) is 3.17. The van der Waals surface area contributed by atoms with Crippen molar-refractivity contribution in [1.82, 2.24) is 0 Å².